The van der Waals surface area contributed by atoms with E-state index in [2.05, 4.69) is 31.0 Å². The van der Waals surface area contributed by atoms with Crippen LogP contribution < -0.4 is 5.32 Å². The molecule has 1 unspecified atom stereocenters. The van der Waals surface area contributed by atoms with E-state index in [1.807, 2.05) is 0 Å². The molecule has 0 bridgehead atoms. The van der Waals surface area contributed by atoms with Gasteiger partial charge in [0.1, 0.15) is 0 Å². The standard InChI is InChI=1S/C14H30N2O/c1-13(2)15-11-14(3)12-17-10-9-16-7-5-4-6-8-16/h13-15H,4-12H2,1-3H3. The SMILES string of the molecule is CC(CNC(C)C)COCCN1CCCCC1. The van der Waals surface area contributed by atoms with Crippen molar-refractivity contribution in [2.75, 3.05) is 39.4 Å². The summed E-state index contributed by atoms with van der Waals surface area (Å²) in [4.78, 5) is 2.53. The molecule has 1 fully saturated rings. The van der Waals surface area contributed by atoms with Crippen LogP contribution in [0.5, 0.6) is 0 Å². The Hall–Kier alpha value is -0.120. The maximum atomic E-state index is 5.75. The number of hydrogen-bond acceptors (Lipinski definition) is 3. The van der Waals surface area contributed by atoms with Gasteiger partial charge in [-0.2, -0.15) is 0 Å². The summed E-state index contributed by atoms with van der Waals surface area (Å²) in [6.45, 7) is 13.1. The molecule has 0 aromatic carbocycles. The number of piperidine rings is 1. The molecule has 0 radical (unpaired) electrons. The van der Waals surface area contributed by atoms with E-state index in [0.29, 0.717) is 12.0 Å². The van der Waals surface area contributed by atoms with Crippen molar-refractivity contribution in [3.8, 4) is 0 Å². The van der Waals surface area contributed by atoms with Crippen molar-refractivity contribution in [2.24, 2.45) is 5.92 Å². The maximum absolute atomic E-state index is 5.75. The van der Waals surface area contributed by atoms with Crippen molar-refractivity contribution in [1.29, 1.82) is 0 Å². The summed E-state index contributed by atoms with van der Waals surface area (Å²) in [6, 6.07) is 0.575. The fourth-order valence-corrected chi connectivity index (χ4v) is 2.16. The van der Waals surface area contributed by atoms with Crippen LogP contribution in [-0.2, 0) is 4.74 Å². The molecule has 1 aliphatic heterocycles. The van der Waals surface area contributed by atoms with Crippen molar-refractivity contribution in [2.45, 2.75) is 46.1 Å². The van der Waals surface area contributed by atoms with E-state index in [1.165, 1.54) is 32.4 Å². The number of rotatable bonds is 8. The Labute approximate surface area is 107 Å². The third-order valence-corrected chi connectivity index (χ3v) is 3.28. The van der Waals surface area contributed by atoms with Crippen LogP contribution in [-0.4, -0.2) is 50.3 Å². The molecular formula is C14H30N2O. The van der Waals surface area contributed by atoms with Crippen molar-refractivity contribution in [1.82, 2.24) is 10.2 Å². The molecule has 0 saturated carbocycles. The highest BCUT2D eigenvalue weighted by molar-refractivity contribution is 4.64. The van der Waals surface area contributed by atoms with Crippen LogP contribution in [0.2, 0.25) is 0 Å². The predicted octanol–water partition coefficient (Wildman–Crippen LogP) is 2.12. The normalized spacial score (nSPS) is 19.8. The van der Waals surface area contributed by atoms with Crippen molar-refractivity contribution in [3.05, 3.63) is 0 Å². The largest absolute Gasteiger partial charge is 0.380 e. The first kappa shape index (κ1) is 14.9. The molecule has 1 N–H and O–H groups in total. The smallest absolute Gasteiger partial charge is 0.0593 e. The summed E-state index contributed by atoms with van der Waals surface area (Å²) in [6.07, 6.45) is 4.15. The number of ether oxygens (including phenoxy) is 1. The Morgan fingerprint density at radius 1 is 1.12 bits per heavy atom. The molecule has 0 spiro atoms. The highest BCUT2D eigenvalue weighted by atomic mass is 16.5. The summed E-state index contributed by atoms with van der Waals surface area (Å²) in [5, 5.41) is 3.45. The molecule has 0 aromatic heterocycles. The maximum Gasteiger partial charge on any atom is 0.0593 e. The van der Waals surface area contributed by atoms with Gasteiger partial charge in [0.15, 0.2) is 0 Å². The van der Waals surface area contributed by atoms with Gasteiger partial charge in [-0.25, -0.2) is 0 Å². The second kappa shape index (κ2) is 8.90. The van der Waals surface area contributed by atoms with Crippen LogP contribution in [0.1, 0.15) is 40.0 Å². The molecule has 1 heterocycles. The average Bonchev–Trinajstić information content (AvgIpc) is 2.33. The lowest BCUT2D eigenvalue weighted by Crippen LogP contribution is -2.33. The highest BCUT2D eigenvalue weighted by Gasteiger charge is 2.09. The zero-order valence-corrected chi connectivity index (χ0v) is 11.9. The molecule has 3 heteroatoms. The first-order chi connectivity index (χ1) is 8.18. The lowest BCUT2D eigenvalue weighted by atomic mass is 10.1. The minimum Gasteiger partial charge on any atom is -0.380 e. The molecule has 0 amide bonds. The van der Waals surface area contributed by atoms with Gasteiger partial charge in [-0.05, 0) is 31.8 Å². The predicted molar refractivity (Wildman–Crippen MR) is 73.4 cm³/mol. The third-order valence-electron chi connectivity index (χ3n) is 3.28. The van der Waals surface area contributed by atoms with Gasteiger partial charge in [0.25, 0.3) is 0 Å². The first-order valence-electron chi connectivity index (χ1n) is 7.22. The Morgan fingerprint density at radius 3 is 2.47 bits per heavy atom. The van der Waals surface area contributed by atoms with Crippen LogP contribution in [0.15, 0.2) is 0 Å². The quantitative estimate of drug-likeness (QED) is 0.660. The molecule has 17 heavy (non-hydrogen) atoms. The zero-order chi connectivity index (χ0) is 12.5. The average molecular weight is 242 g/mol. The van der Waals surface area contributed by atoms with Gasteiger partial charge in [-0.15, -0.1) is 0 Å². The van der Waals surface area contributed by atoms with Gasteiger partial charge in [0.2, 0.25) is 0 Å². The molecular weight excluding hydrogens is 212 g/mol. The number of nitrogens with one attached hydrogen (secondary N) is 1. The fourth-order valence-electron chi connectivity index (χ4n) is 2.16. The lowest BCUT2D eigenvalue weighted by Gasteiger charge is -2.26. The lowest BCUT2D eigenvalue weighted by molar-refractivity contribution is 0.0759. The Morgan fingerprint density at radius 2 is 1.82 bits per heavy atom. The Bertz CT molecular complexity index is 179. The monoisotopic (exact) mass is 242 g/mol. The van der Waals surface area contributed by atoms with Crippen LogP contribution in [0.4, 0.5) is 0 Å². The molecule has 1 rings (SSSR count). The van der Waals surface area contributed by atoms with Crippen molar-refractivity contribution >= 4 is 0 Å². The van der Waals surface area contributed by atoms with E-state index in [1.54, 1.807) is 0 Å². The van der Waals surface area contributed by atoms with Crippen molar-refractivity contribution in [3.63, 3.8) is 0 Å². The summed E-state index contributed by atoms with van der Waals surface area (Å²) < 4.78 is 5.75. The summed E-state index contributed by atoms with van der Waals surface area (Å²) in [5.41, 5.74) is 0. The van der Waals surface area contributed by atoms with Gasteiger partial charge in [0, 0.05) is 19.1 Å². The molecule has 0 aromatic rings. The minimum atomic E-state index is 0.575. The van der Waals surface area contributed by atoms with E-state index in [4.69, 9.17) is 4.74 Å². The van der Waals surface area contributed by atoms with Crippen LogP contribution >= 0.6 is 0 Å². The van der Waals surface area contributed by atoms with E-state index in [0.717, 1.165) is 26.3 Å². The second-order valence-electron chi connectivity index (χ2n) is 5.65. The number of nitrogens with zero attached hydrogens (tertiary/aromatic N) is 1. The van der Waals surface area contributed by atoms with E-state index < -0.39 is 0 Å². The first-order valence-corrected chi connectivity index (χ1v) is 7.22. The molecule has 0 aliphatic carbocycles. The van der Waals surface area contributed by atoms with Crippen molar-refractivity contribution < 1.29 is 4.74 Å². The van der Waals surface area contributed by atoms with Gasteiger partial charge in [-0.3, -0.25) is 0 Å². The fraction of sp³-hybridized carbons (Fsp3) is 1.00. The highest BCUT2D eigenvalue weighted by Crippen LogP contribution is 2.07. The second-order valence-corrected chi connectivity index (χ2v) is 5.65. The molecule has 3 nitrogen and oxygen atoms in total. The summed E-state index contributed by atoms with van der Waals surface area (Å²) in [5.74, 6) is 0.610. The minimum absolute atomic E-state index is 0.575. The van der Waals surface area contributed by atoms with Gasteiger partial charge >= 0.3 is 0 Å². The molecule has 1 atom stereocenters. The Kier molecular flexibility index (Phi) is 7.82. The molecule has 1 saturated heterocycles. The van der Waals surface area contributed by atoms with E-state index >= 15 is 0 Å². The van der Waals surface area contributed by atoms with E-state index in [-0.39, 0.29) is 0 Å². The molecule has 1 aliphatic rings. The van der Waals surface area contributed by atoms with Gasteiger partial charge < -0.3 is 15.0 Å². The van der Waals surface area contributed by atoms with Crippen LogP contribution in [0, 0.1) is 5.92 Å². The zero-order valence-electron chi connectivity index (χ0n) is 11.9. The Balaban J connectivity index is 1.92. The van der Waals surface area contributed by atoms with E-state index in [9.17, 15) is 0 Å². The van der Waals surface area contributed by atoms with Gasteiger partial charge in [-0.1, -0.05) is 27.2 Å². The van der Waals surface area contributed by atoms with Crippen LogP contribution in [0.3, 0.4) is 0 Å². The summed E-state index contributed by atoms with van der Waals surface area (Å²) >= 11 is 0. The van der Waals surface area contributed by atoms with Gasteiger partial charge in [0.05, 0.1) is 13.2 Å². The topological polar surface area (TPSA) is 24.5 Å². The molecule has 102 valence electrons. The summed E-state index contributed by atoms with van der Waals surface area (Å²) in [7, 11) is 0. The number of hydrogen-bond donors (Lipinski definition) is 1. The van der Waals surface area contributed by atoms with Crippen LogP contribution in [0.25, 0.3) is 0 Å². The number of likely N-dealkylation sites (tertiary alicyclic amines) is 1. The third kappa shape index (κ3) is 7.74.